The van der Waals surface area contributed by atoms with Crippen LogP contribution in [0.3, 0.4) is 0 Å². The Kier molecular flexibility index (Phi) is 4.55. The summed E-state index contributed by atoms with van der Waals surface area (Å²) in [5.74, 6) is -0.968. The second kappa shape index (κ2) is 7.40. The zero-order valence-electron chi connectivity index (χ0n) is 16.4. The molecule has 1 atom stereocenters. The zero-order chi connectivity index (χ0) is 21.5. The van der Waals surface area contributed by atoms with Crippen molar-refractivity contribution in [2.24, 2.45) is 0 Å². The number of hydrogen-bond donors (Lipinski definition) is 1. The third kappa shape index (κ3) is 3.26. The van der Waals surface area contributed by atoms with Crippen LogP contribution >= 0.6 is 0 Å². The van der Waals surface area contributed by atoms with Gasteiger partial charge in [0, 0.05) is 6.54 Å². The Balaban J connectivity index is 1.67. The summed E-state index contributed by atoms with van der Waals surface area (Å²) >= 11 is 0. The molecular formula is C25H18FNO4. The molecule has 0 saturated carbocycles. The van der Waals surface area contributed by atoms with Crippen molar-refractivity contribution in [1.82, 2.24) is 4.90 Å². The van der Waals surface area contributed by atoms with Gasteiger partial charge in [-0.1, -0.05) is 42.5 Å². The van der Waals surface area contributed by atoms with Gasteiger partial charge in [0.15, 0.2) is 5.43 Å². The van der Waals surface area contributed by atoms with Crippen LogP contribution in [0.4, 0.5) is 4.39 Å². The van der Waals surface area contributed by atoms with Crippen LogP contribution in [0.2, 0.25) is 0 Å². The number of rotatable bonds is 4. The van der Waals surface area contributed by atoms with Gasteiger partial charge < -0.3 is 14.4 Å². The number of phenolic OH excluding ortho intramolecular Hbond substituents is 1. The van der Waals surface area contributed by atoms with Crippen molar-refractivity contribution in [3.8, 4) is 5.75 Å². The maximum absolute atomic E-state index is 13.8. The van der Waals surface area contributed by atoms with E-state index in [1.54, 1.807) is 17.0 Å². The maximum atomic E-state index is 13.8. The van der Waals surface area contributed by atoms with E-state index in [2.05, 4.69) is 0 Å². The van der Waals surface area contributed by atoms with Crippen LogP contribution in [0.15, 0.2) is 82.0 Å². The summed E-state index contributed by atoms with van der Waals surface area (Å²) < 4.78 is 19.6. The fourth-order valence-corrected chi connectivity index (χ4v) is 4.16. The predicted molar refractivity (Wildman–Crippen MR) is 114 cm³/mol. The van der Waals surface area contributed by atoms with Crippen molar-refractivity contribution in [1.29, 1.82) is 0 Å². The average Bonchev–Trinajstić information content (AvgIpc) is 3.05. The maximum Gasteiger partial charge on any atom is 0.290 e. The Hall–Kier alpha value is -3.93. The number of aromatic hydroxyl groups is 1. The fourth-order valence-electron chi connectivity index (χ4n) is 4.16. The van der Waals surface area contributed by atoms with E-state index in [0.29, 0.717) is 18.5 Å². The molecule has 0 aliphatic carbocycles. The molecule has 0 bridgehead atoms. The number of carbonyl (C=O) groups is 1. The number of halogens is 1. The minimum atomic E-state index is -0.734. The van der Waals surface area contributed by atoms with E-state index >= 15 is 0 Å². The van der Waals surface area contributed by atoms with E-state index in [-0.39, 0.29) is 28.0 Å². The highest BCUT2D eigenvalue weighted by Crippen LogP contribution is 2.39. The van der Waals surface area contributed by atoms with Gasteiger partial charge in [0.2, 0.25) is 5.76 Å². The summed E-state index contributed by atoms with van der Waals surface area (Å²) in [5.41, 5.74) is 1.52. The molecule has 5 rings (SSSR count). The molecule has 1 amide bonds. The summed E-state index contributed by atoms with van der Waals surface area (Å²) in [6.45, 7) is 0.345. The molecule has 5 nitrogen and oxygen atoms in total. The molecule has 4 aromatic rings. The van der Waals surface area contributed by atoms with E-state index in [9.17, 15) is 19.1 Å². The normalized spacial score (nSPS) is 15.5. The van der Waals surface area contributed by atoms with Crippen LogP contribution in [0.1, 0.15) is 33.3 Å². The molecule has 3 aromatic carbocycles. The molecule has 0 fully saturated rings. The number of phenols is 1. The summed E-state index contributed by atoms with van der Waals surface area (Å²) in [6.07, 6.45) is 0.582. The third-order valence-corrected chi connectivity index (χ3v) is 5.60. The molecule has 31 heavy (non-hydrogen) atoms. The summed E-state index contributed by atoms with van der Waals surface area (Å²) in [6, 6.07) is 19.1. The first-order valence-corrected chi connectivity index (χ1v) is 9.93. The molecule has 6 heteroatoms. The van der Waals surface area contributed by atoms with Crippen molar-refractivity contribution >= 4 is 16.9 Å². The van der Waals surface area contributed by atoms with Crippen molar-refractivity contribution in [3.05, 3.63) is 111 Å². The van der Waals surface area contributed by atoms with E-state index in [1.165, 1.54) is 24.3 Å². The van der Waals surface area contributed by atoms with E-state index in [4.69, 9.17) is 4.42 Å². The van der Waals surface area contributed by atoms with Gasteiger partial charge in [-0.05, 0) is 47.9 Å². The second-order valence-electron chi connectivity index (χ2n) is 7.55. The first kappa shape index (κ1) is 19.1. The first-order chi connectivity index (χ1) is 15.0. The quantitative estimate of drug-likeness (QED) is 0.536. The van der Waals surface area contributed by atoms with Gasteiger partial charge in [0.1, 0.15) is 17.1 Å². The molecule has 154 valence electrons. The average molecular weight is 415 g/mol. The molecule has 1 aromatic heterocycles. The highest BCUT2D eigenvalue weighted by atomic mass is 19.1. The lowest BCUT2D eigenvalue weighted by Gasteiger charge is -2.25. The Morgan fingerprint density at radius 1 is 0.968 bits per heavy atom. The summed E-state index contributed by atoms with van der Waals surface area (Å²) in [4.78, 5) is 28.2. The lowest BCUT2D eigenvalue weighted by molar-refractivity contribution is 0.0730. The van der Waals surface area contributed by atoms with E-state index in [1.807, 2.05) is 30.3 Å². The van der Waals surface area contributed by atoms with Crippen LogP contribution in [-0.2, 0) is 6.42 Å². The fraction of sp³-hybridized carbons (Fsp3) is 0.120. The standard InChI is InChI=1S/C25H18FNO4/c26-17-9-10-20-19(14-17)23(29)21-22(16-7-4-8-18(28)13-16)27(25(30)24(21)31-20)12-11-15-5-2-1-3-6-15/h1-10,13-14,22,28H,11-12H2. The topological polar surface area (TPSA) is 70.8 Å². The van der Waals surface area contributed by atoms with Gasteiger partial charge in [0.25, 0.3) is 5.91 Å². The van der Waals surface area contributed by atoms with Gasteiger partial charge in [-0.3, -0.25) is 9.59 Å². The zero-order valence-corrected chi connectivity index (χ0v) is 16.4. The van der Waals surface area contributed by atoms with Crippen LogP contribution in [0.25, 0.3) is 11.0 Å². The third-order valence-electron chi connectivity index (χ3n) is 5.60. The van der Waals surface area contributed by atoms with Gasteiger partial charge >= 0.3 is 0 Å². The Bertz CT molecular complexity index is 1360. The molecule has 2 heterocycles. The molecule has 1 unspecified atom stereocenters. The minimum absolute atomic E-state index is 0.0256. The van der Waals surface area contributed by atoms with Crippen LogP contribution in [-0.4, -0.2) is 22.5 Å². The molecule has 0 radical (unpaired) electrons. The molecular weight excluding hydrogens is 397 g/mol. The Labute approximate surface area is 177 Å². The highest BCUT2D eigenvalue weighted by molar-refractivity contribution is 5.99. The monoisotopic (exact) mass is 415 g/mol. The smallest absolute Gasteiger partial charge is 0.290 e. The Morgan fingerprint density at radius 3 is 2.55 bits per heavy atom. The largest absolute Gasteiger partial charge is 0.508 e. The second-order valence-corrected chi connectivity index (χ2v) is 7.55. The number of fused-ring (bicyclic) bond motifs is 2. The van der Waals surface area contributed by atoms with Gasteiger partial charge in [-0.25, -0.2) is 4.39 Å². The van der Waals surface area contributed by atoms with Crippen LogP contribution < -0.4 is 5.43 Å². The number of nitrogens with zero attached hydrogens (tertiary/aromatic N) is 1. The van der Waals surface area contributed by atoms with Gasteiger partial charge in [-0.15, -0.1) is 0 Å². The van der Waals surface area contributed by atoms with Crippen molar-refractivity contribution < 1.29 is 18.7 Å². The van der Waals surface area contributed by atoms with E-state index in [0.717, 1.165) is 11.6 Å². The number of hydrogen-bond acceptors (Lipinski definition) is 4. The minimum Gasteiger partial charge on any atom is -0.508 e. The summed E-state index contributed by atoms with van der Waals surface area (Å²) in [5, 5.41) is 10.1. The highest BCUT2D eigenvalue weighted by Gasteiger charge is 2.42. The molecule has 0 spiro atoms. The molecule has 1 N–H and O–H groups in total. The van der Waals surface area contributed by atoms with Crippen LogP contribution in [0.5, 0.6) is 5.75 Å². The SMILES string of the molecule is O=C1c2oc3ccc(F)cc3c(=O)c2C(c2cccc(O)c2)N1CCc1ccccc1. The molecule has 1 aliphatic heterocycles. The van der Waals surface area contributed by atoms with E-state index < -0.39 is 23.2 Å². The predicted octanol–water partition coefficient (Wildman–Crippen LogP) is 4.43. The number of carbonyl (C=O) groups excluding carboxylic acids is 1. The number of benzene rings is 3. The van der Waals surface area contributed by atoms with Gasteiger partial charge in [-0.2, -0.15) is 0 Å². The Morgan fingerprint density at radius 2 is 1.77 bits per heavy atom. The number of amides is 1. The lowest BCUT2D eigenvalue weighted by Crippen LogP contribution is -2.31. The summed E-state index contributed by atoms with van der Waals surface area (Å²) in [7, 11) is 0. The molecule has 0 saturated heterocycles. The van der Waals surface area contributed by atoms with Crippen molar-refractivity contribution in [2.75, 3.05) is 6.54 Å². The molecule has 1 aliphatic rings. The van der Waals surface area contributed by atoms with Crippen LogP contribution in [0, 0.1) is 5.82 Å². The van der Waals surface area contributed by atoms with Gasteiger partial charge in [0.05, 0.1) is 17.0 Å². The van der Waals surface area contributed by atoms with Crippen molar-refractivity contribution in [2.45, 2.75) is 12.5 Å². The first-order valence-electron chi connectivity index (χ1n) is 9.93. The van der Waals surface area contributed by atoms with Crippen molar-refractivity contribution in [3.63, 3.8) is 0 Å². The lowest BCUT2D eigenvalue weighted by atomic mass is 9.98.